The van der Waals surface area contributed by atoms with Crippen LogP contribution in [0.25, 0.3) is 10.9 Å². The number of phenolic OH excluding ortho intramolecular Hbond substituents is 1. The highest BCUT2D eigenvalue weighted by Crippen LogP contribution is 2.17. The van der Waals surface area contributed by atoms with Crippen LogP contribution in [0.3, 0.4) is 0 Å². The molecule has 1 amide bonds. The van der Waals surface area contributed by atoms with Gasteiger partial charge < -0.3 is 21.1 Å². The summed E-state index contributed by atoms with van der Waals surface area (Å²) in [5, 5.41) is 20.0. The largest absolute Gasteiger partial charge is 0.507 e. The minimum atomic E-state index is -0.310. The van der Waals surface area contributed by atoms with Crippen LogP contribution >= 0.6 is 24.0 Å². The summed E-state index contributed by atoms with van der Waals surface area (Å²) in [6, 6.07) is 16.4. The number of benzene rings is 2. The van der Waals surface area contributed by atoms with E-state index >= 15 is 0 Å². The zero-order valence-electron chi connectivity index (χ0n) is 16.8. The number of halogens is 1. The summed E-state index contributed by atoms with van der Waals surface area (Å²) in [7, 11) is 0. The molecular weight excluding hydrogens is 493 g/mol. The third kappa shape index (κ3) is 6.31. The third-order valence-corrected chi connectivity index (χ3v) is 4.34. The highest BCUT2D eigenvalue weighted by atomic mass is 127. The summed E-state index contributed by atoms with van der Waals surface area (Å²) >= 11 is 0. The number of rotatable bonds is 7. The van der Waals surface area contributed by atoms with Gasteiger partial charge in [0.2, 0.25) is 0 Å². The Morgan fingerprint density at radius 2 is 1.73 bits per heavy atom. The number of fused-ring (bicyclic) bond motifs is 1. The molecule has 30 heavy (non-hydrogen) atoms. The SMILES string of the molecule is CCNC(=NCc1ccnc2ccccc12)NCCNC(=O)c1ccccc1O.I. The molecule has 2 aromatic carbocycles. The Balaban J connectivity index is 0.00000320. The number of carbonyl (C=O) groups excluding carboxylic acids is 1. The number of aromatic nitrogens is 1. The number of amides is 1. The van der Waals surface area contributed by atoms with Crippen molar-refractivity contribution in [2.24, 2.45) is 4.99 Å². The summed E-state index contributed by atoms with van der Waals surface area (Å²) in [5.74, 6) is 0.331. The molecule has 0 saturated carbocycles. The van der Waals surface area contributed by atoms with Crippen molar-refractivity contribution in [3.63, 3.8) is 0 Å². The molecule has 4 N–H and O–H groups in total. The van der Waals surface area contributed by atoms with Crippen LogP contribution in [0.5, 0.6) is 5.75 Å². The van der Waals surface area contributed by atoms with Crippen LogP contribution in [-0.4, -0.2) is 41.6 Å². The standard InChI is InChI=1S/C22H25N5O2.HI/c1-2-23-22(26-14-13-25-21(29)18-8-4-6-10-20(18)28)27-15-16-11-12-24-19-9-5-3-7-17(16)19;/h3-12,28H,2,13-15H2,1H3,(H,25,29)(H2,23,26,27);1H. The number of guanidine groups is 1. The number of pyridine rings is 1. The van der Waals surface area contributed by atoms with Gasteiger partial charge in [0.05, 0.1) is 17.6 Å². The van der Waals surface area contributed by atoms with Gasteiger partial charge in [-0.2, -0.15) is 0 Å². The molecule has 8 heteroatoms. The Kier molecular flexibility index (Phi) is 9.33. The zero-order chi connectivity index (χ0) is 20.5. The maximum absolute atomic E-state index is 12.1. The van der Waals surface area contributed by atoms with Crippen LogP contribution in [0, 0.1) is 0 Å². The molecule has 0 saturated heterocycles. The average molecular weight is 519 g/mol. The fourth-order valence-electron chi connectivity index (χ4n) is 2.92. The first-order valence-electron chi connectivity index (χ1n) is 9.60. The molecular formula is C22H26IN5O2. The number of hydrogen-bond donors (Lipinski definition) is 4. The van der Waals surface area contributed by atoms with Crippen molar-refractivity contribution in [3.8, 4) is 5.75 Å². The van der Waals surface area contributed by atoms with Gasteiger partial charge in [0.15, 0.2) is 5.96 Å². The number of hydrogen-bond acceptors (Lipinski definition) is 4. The van der Waals surface area contributed by atoms with Crippen molar-refractivity contribution in [1.82, 2.24) is 20.9 Å². The lowest BCUT2D eigenvalue weighted by Gasteiger charge is -2.12. The van der Waals surface area contributed by atoms with Gasteiger partial charge in [-0.15, -0.1) is 24.0 Å². The van der Waals surface area contributed by atoms with Gasteiger partial charge in [0, 0.05) is 31.2 Å². The highest BCUT2D eigenvalue weighted by molar-refractivity contribution is 14.0. The third-order valence-electron chi connectivity index (χ3n) is 4.34. The zero-order valence-corrected chi connectivity index (χ0v) is 19.1. The average Bonchev–Trinajstić information content (AvgIpc) is 2.75. The summed E-state index contributed by atoms with van der Waals surface area (Å²) in [5.41, 5.74) is 2.31. The van der Waals surface area contributed by atoms with Crippen molar-refractivity contribution < 1.29 is 9.90 Å². The quantitative estimate of drug-likeness (QED) is 0.167. The number of aromatic hydroxyl groups is 1. The predicted molar refractivity (Wildman–Crippen MR) is 130 cm³/mol. The molecule has 0 bridgehead atoms. The van der Waals surface area contributed by atoms with Crippen LogP contribution in [0.1, 0.15) is 22.8 Å². The number of para-hydroxylation sites is 2. The van der Waals surface area contributed by atoms with Gasteiger partial charge in [0.25, 0.3) is 5.91 Å². The van der Waals surface area contributed by atoms with E-state index in [-0.39, 0.29) is 41.2 Å². The molecule has 1 heterocycles. The van der Waals surface area contributed by atoms with Gasteiger partial charge >= 0.3 is 0 Å². The summed E-state index contributed by atoms with van der Waals surface area (Å²) in [6.07, 6.45) is 1.79. The van der Waals surface area contributed by atoms with Gasteiger partial charge in [0.1, 0.15) is 5.75 Å². The molecule has 3 aromatic rings. The second-order valence-corrected chi connectivity index (χ2v) is 6.38. The van der Waals surface area contributed by atoms with Gasteiger partial charge in [-0.25, -0.2) is 4.99 Å². The molecule has 0 spiro atoms. The van der Waals surface area contributed by atoms with E-state index in [1.165, 1.54) is 6.07 Å². The topological polar surface area (TPSA) is 98.6 Å². The van der Waals surface area contributed by atoms with Crippen molar-refractivity contribution in [2.75, 3.05) is 19.6 Å². The smallest absolute Gasteiger partial charge is 0.255 e. The molecule has 158 valence electrons. The second-order valence-electron chi connectivity index (χ2n) is 6.38. The van der Waals surface area contributed by atoms with Gasteiger partial charge in [-0.05, 0) is 36.8 Å². The monoisotopic (exact) mass is 519 g/mol. The Morgan fingerprint density at radius 1 is 1.00 bits per heavy atom. The lowest BCUT2D eigenvalue weighted by molar-refractivity contribution is 0.0951. The first kappa shape index (κ1) is 23.4. The van der Waals surface area contributed by atoms with Crippen molar-refractivity contribution >= 4 is 46.7 Å². The van der Waals surface area contributed by atoms with E-state index in [0.717, 1.165) is 23.0 Å². The molecule has 1 aromatic heterocycles. The van der Waals surface area contributed by atoms with E-state index in [9.17, 15) is 9.90 Å². The van der Waals surface area contributed by atoms with Crippen LogP contribution in [0.15, 0.2) is 65.8 Å². The minimum absolute atomic E-state index is 0. The van der Waals surface area contributed by atoms with E-state index in [0.29, 0.717) is 25.6 Å². The number of phenols is 1. The van der Waals surface area contributed by atoms with Crippen LogP contribution < -0.4 is 16.0 Å². The lowest BCUT2D eigenvalue weighted by Crippen LogP contribution is -2.41. The number of nitrogens with one attached hydrogen (secondary N) is 3. The Hall–Kier alpha value is -2.88. The molecule has 0 aliphatic rings. The maximum Gasteiger partial charge on any atom is 0.255 e. The number of carbonyl (C=O) groups is 1. The Labute approximate surface area is 193 Å². The molecule has 0 aliphatic carbocycles. The van der Waals surface area contributed by atoms with Crippen molar-refractivity contribution in [2.45, 2.75) is 13.5 Å². The first-order chi connectivity index (χ1) is 14.2. The van der Waals surface area contributed by atoms with Crippen LogP contribution in [-0.2, 0) is 6.54 Å². The van der Waals surface area contributed by atoms with E-state index < -0.39 is 0 Å². The van der Waals surface area contributed by atoms with E-state index in [1.807, 2.05) is 37.3 Å². The Morgan fingerprint density at radius 3 is 2.53 bits per heavy atom. The summed E-state index contributed by atoms with van der Waals surface area (Å²) < 4.78 is 0. The summed E-state index contributed by atoms with van der Waals surface area (Å²) in [4.78, 5) is 21.1. The normalized spacial score (nSPS) is 10.9. The van der Waals surface area contributed by atoms with Crippen LogP contribution in [0.4, 0.5) is 0 Å². The first-order valence-corrected chi connectivity index (χ1v) is 9.60. The fraction of sp³-hybridized carbons (Fsp3) is 0.227. The highest BCUT2D eigenvalue weighted by Gasteiger charge is 2.09. The fourth-order valence-corrected chi connectivity index (χ4v) is 2.92. The maximum atomic E-state index is 12.1. The van der Waals surface area contributed by atoms with Crippen molar-refractivity contribution in [1.29, 1.82) is 0 Å². The minimum Gasteiger partial charge on any atom is -0.507 e. The Bertz CT molecular complexity index is 1000. The van der Waals surface area contributed by atoms with E-state index in [2.05, 4.69) is 25.9 Å². The van der Waals surface area contributed by atoms with Gasteiger partial charge in [-0.3, -0.25) is 9.78 Å². The molecule has 0 aliphatic heterocycles. The molecule has 0 unspecified atom stereocenters. The second kappa shape index (κ2) is 12.0. The molecule has 0 atom stereocenters. The van der Waals surface area contributed by atoms with Gasteiger partial charge in [-0.1, -0.05) is 30.3 Å². The van der Waals surface area contributed by atoms with Crippen LogP contribution in [0.2, 0.25) is 0 Å². The van der Waals surface area contributed by atoms with Crippen molar-refractivity contribution in [3.05, 3.63) is 71.9 Å². The molecule has 0 radical (unpaired) electrons. The number of nitrogens with zero attached hydrogens (tertiary/aromatic N) is 2. The molecule has 0 fully saturated rings. The number of aliphatic imine (C=N–C) groups is 1. The molecule has 7 nitrogen and oxygen atoms in total. The summed E-state index contributed by atoms with van der Waals surface area (Å²) in [6.45, 7) is 4.15. The van der Waals surface area contributed by atoms with E-state index in [4.69, 9.17) is 0 Å². The van der Waals surface area contributed by atoms with E-state index in [1.54, 1.807) is 24.4 Å². The molecule has 3 rings (SSSR count). The predicted octanol–water partition coefficient (Wildman–Crippen LogP) is 3.04. The lowest BCUT2D eigenvalue weighted by atomic mass is 10.1.